The Morgan fingerprint density at radius 3 is 2.33 bits per heavy atom. The minimum Gasteiger partial charge on any atom is -0.493 e. The topological polar surface area (TPSA) is 68.8 Å². The van der Waals surface area contributed by atoms with Gasteiger partial charge in [0.05, 0.1) is 19.8 Å². The zero-order chi connectivity index (χ0) is 19.5. The Bertz CT molecular complexity index is 719. The highest BCUT2D eigenvalue weighted by Gasteiger charge is 2.05. The van der Waals surface area contributed by atoms with Gasteiger partial charge in [-0.15, -0.1) is 0 Å². The Labute approximate surface area is 160 Å². The average Bonchev–Trinajstić information content (AvgIpc) is 2.66. The van der Waals surface area contributed by atoms with Crippen molar-refractivity contribution in [2.75, 3.05) is 44.1 Å². The van der Waals surface area contributed by atoms with Gasteiger partial charge >= 0.3 is 0 Å². The van der Waals surface area contributed by atoms with E-state index >= 15 is 0 Å². The van der Waals surface area contributed by atoms with Crippen LogP contribution >= 0.6 is 0 Å². The third-order valence-corrected chi connectivity index (χ3v) is 3.54. The number of ether oxygens (including phenoxy) is 3. The number of carbonyl (C=O) groups excluding carboxylic acids is 1. The number of hydrogen-bond acceptors (Lipinski definition) is 5. The van der Waals surface area contributed by atoms with E-state index < -0.39 is 0 Å². The maximum Gasteiger partial charge on any atom is 0.243 e. The van der Waals surface area contributed by atoms with Gasteiger partial charge in [0.15, 0.2) is 0 Å². The van der Waals surface area contributed by atoms with Crippen molar-refractivity contribution in [3.05, 3.63) is 48.5 Å². The largest absolute Gasteiger partial charge is 0.493 e. The van der Waals surface area contributed by atoms with Crippen LogP contribution in [0, 0.1) is 5.92 Å². The number of carbonyl (C=O) groups is 1. The molecule has 27 heavy (non-hydrogen) atoms. The van der Waals surface area contributed by atoms with E-state index in [1.165, 1.54) is 0 Å². The van der Waals surface area contributed by atoms with Crippen LogP contribution in [-0.2, 0) is 9.53 Å². The minimum atomic E-state index is -0.137. The van der Waals surface area contributed by atoms with Crippen LogP contribution in [0.15, 0.2) is 48.5 Å². The molecule has 0 saturated heterocycles. The van der Waals surface area contributed by atoms with Crippen LogP contribution < -0.4 is 20.1 Å². The number of nitrogens with one attached hydrogen (secondary N) is 2. The standard InChI is InChI=1S/C21H28N2O4/c1-16(2)15-27-20-9-5-7-18(13-20)23-21(24)14-22-17-6-4-8-19(12-17)26-11-10-25-3/h4-9,12-13,16,22H,10-11,14-15H2,1-3H3,(H,23,24). The van der Waals surface area contributed by atoms with E-state index in [9.17, 15) is 4.79 Å². The molecule has 0 aliphatic heterocycles. The number of benzene rings is 2. The van der Waals surface area contributed by atoms with Gasteiger partial charge in [-0.05, 0) is 30.2 Å². The van der Waals surface area contributed by atoms with Crippen LogP contribution in [0.3, 0.4) is 0 Å². The smallest absolute Gasteiger partial charge is 0.243 e. The van der Waals surface area contributed by atoms with Gasteiger partial charge < -0.3 is 24.8 Å². The van der Waals surface area contributed by atoms with Crippen molar-refractivity contribution in [2.24, 2.45) is 5.92 Å². The fourth-order valence-corrected chi connectivity index (χ4v) is 2.25. The predicted molar refractivity (Wildman–Crippen MR) is 108 cm³/mol. The van der Waals surface area contributed by atoms with Crippen LogP contribution in [0.2, 0.25) is 0 Å². The zero-order valence-corrected chi connectivity index (χ0v) is 16.2. The van der Waals surface area contributed by atoms with Crippen LogP contribution in [-0.4, -0.2) is 39.4 Å². The van der Waals surface area contributed by atoms with Gasteiger partial charge in [0.25, 0.3) is 0 Å². The Kier molecular flexibility index (Phi) is 8.45. The molecule has 6 nitrogen and oxygen atoms in total. The summed E-state index contributed by atoms with van der Waals surface area (Å²) in [7, 11) is 1.63. The van der Waals surface area contributed by atoms with Crippen molar-refractivity contribution in [3.8, 4) is 11.5 Å². The first kappa shape index (κ1) is 20.6. The Hall–Kier alpha value is -2.73. The van der Waals surface area contributed by atoms with Gasteiger partial charge in [0.2, 0.25) is 5.91 Å². The third kappa shape index (κ3) is 8.00. The summed E-state index contributed by atoms with van der Waals surface area (Å²) < 4.78 is 16.2. The molecule has 0 radical (unpaired) electrons. The van der Waals surface area contributed by atoms with E-state index in [0.717, 1.165) is 17.2 Å². The highest BCUT2D eigenvalue weighted by Crippen LogP contribution is 2.19. The Morgan fingerprint density at radius 2 is 1.63 bits per heavy atom. The maximum atomic E-state index is 12.2. The van der Waals surface area contributed by atoms with E-state index in [-0.39, 0.29) is 12.5 Å². The molecule has 2 N–H and O–H groups in total. The van der Waals surface area contributed by atoms with Gasteiger partial charge in [-0.25, -0.2) is 0 Å². The predicted octanol–water partition coefficient (Wildman–Crippen LogP) is 3.80. The monoisotopic (exact) mass is 372 g/mol. The molecule has 0 saturated carbocycles. The number of amides is 1. The molecule has 0 aliphatic rings. The van der Waals surface area contributed by atoms with Gasteiger partial charge in [-0.2, -0.15) is 0 Å². The molecule has 1 amide bonds. The fraction of sp³-hybridized carbons (Fsp3) is 0.381. The summed E-state index contributed by atoms with van der Waals surface area (Å²) in [4.78, 5) is 12.2. The second kappa shape index (κ2) is 11.1. The van der Waals surface area contributed by atoms with Crippen molar-refractivity contribution in [1.29, 1.82) is 0 Å². The summed E-state index contributed by atoms with van der Waals surface area (Å²) in [6.07, 6.45) is 0. The second-order valence-corrected chi connectivity index (χ2v) is 6.50. The molecule has 2 aromatic carbocycles. The molecule has 0 bridgehead atoms. The molecule has 6 heteroatoms. The highest BCUT2D eigenvalue weighted by atomic mass is 16.5. The van der Waals surface area contributed by atoms with E-state index in [0.29, 0.717) is 31.4 Å². The van der Waals surface area contributed by atoms with Crippen molar-refractivity contribution in [1.82, 2.24) is 0 Å². The average molecular weight is 372 g/mol. The van der Waals surface area contributed by atoms with Crippen LogP contribution in [0.25, 0.3) is 0 Å². The van der Waals surface area contributed by atoms with Crippen molar-refractivity contribution in [2.45, 2.75) is 13.8 Å². The van der Waals surface area contributed by atoms with Crippen molar-refractivity contribution in [3.63, 3.8) is 0 Å². The SMILES string of the molecule is COCCOc1cccc(NCC(=O)Nc2cccc(OCC(C)C)c2)c1. The summed E-state index contributed by atoms with van der Waals surface area (Å²) in [5, 5.41) is 5.96. The molecular weight excluding hydrogens is 344 g/mol. The fourth-order valence-electron chi connectivity index (χ4n) is 2.25. The van der Waals surface area contributed by atoms with Crippen LogP contribution in [0.1, 0.15) is 13.8 Å². The molecule has 0 aliphatic carbocycles. The minimum absolute atomic E-state index is 0.137. The summed E-state index contributed by atoms with van der Waals surface area (Å²) in [5.41, 5.74) is 1.52. The molecule has 2 rings (SSSR count). The lowest BCUT2D eigenvalue weighted by Gasteiger charge is -2.12. The summed E-state index contributed by atoms with van der Waals surface area (Å²) in [6.45, 7) is 5.99. The van der Waals surface area contributed by atoms with E-state index in [4.69, 9.17) is 14.2 Å². The summed E-state index contributed by atoms with van der Waals surface area (Å²) >= 11 is 0. The normalized spacial score (nSPS) is 10.5. The lowest BCUT2D eigenvalue weighted by atomic mass is 10.2. The highest BCUT2D eigenvalue weighted by molar-refractivity contribution is 5.93. The first-order valence-corrected chi connectivity index (χ1v) is 9.05. The number of methoxy groups -OCH3 is 1. The van der Waals surface area contributed by atoms with Gasteiger partial charge in [0, 0.05) is 30.6 Å². The molecule has 0 unspecified atom stereocenters. The molecule has 0 heterocycles. The van der Waals surface area contributed by atoms with E-state index in [2.05, 4.69) is 24.5 Å². The maximum absolute atomic E-state index is 12.2. The molecular formula is C21H28N2O4. The second-order valence-electron chi connectivity index (χ2n) is 6.50. The van der Waals surface area contributed by atoms with Gasteiger partial charge in [-0.3, -0.25) is 4.79 Å². The molecule has 0 fully saturated rings. The van der Waals surface area contributed by atoms with Crippen molar-refractivity contribution < 1.29 is 19.0 Å². The Balaban J connectivity index is 1.82. The zero-order valence-electron chi connectivity index (χ0n) is 16.2. The molecule has 0 aromatic heterocycles. The summed E-state index contributed by atoms with van der Waals surface area (Å²) in [6, 6.07) is 14.9. The molecule has 0 atom stereocenters. The Morgan fingerprint density at radius 1 is 0.963 bits per heavy atom. The first-order valence-electron chi connectivity index (χ1n) is 9.05. The first-order chi connectivity index (χ1) is 13.1. The third-order valence-electron chi connectivity index (χ3n) is 3.54. The lowest BCUT2D eigenvalue weighted by Crippen LogP contribution is -2.21. The lowest BCUT2D eigenvalue weighted by molar-refractivity contribution is -0.114. The van der Waals surface area contributed by atoms with E-state index in [1.807, 2.05) is 48.5 Å². The number of hydrogen-bond donors (Lipinski definition) is 2. The molecule has 146 valence electrons. The number of anilines is 2. The van der Waals surface area contributed by atoms with Crippen molar-refractivity contribution >= 4 is 17.3 Å². The molecule has 0 spiro atoms. The van der Waals surface area contributed by atoms with Gasteiger partial charge in [0.1, 0.15) is 18.1 Å². The quantitative estimate of drug-likeness (QED) is 0.587. The summed E-state index contributed by atoms with van der Waals surface area (Å²) in [5.74, 6) is 1.78. The molecule has 2 aromatic rings. The number of rotatable bonds is 11. The van der Waals surface area contributed by atoms with Crippen LogP contribution in [0.4, 0.5) is 11.4 Å². The van der Waals surface area contributed by atoms with Crippen LogP contribution in [0.5, 0.6) is 11.5 Å². The van der Waals surface area contributed by atoms with E-state index in [1.54, 1.807) is 7.11 Å². The van der Waals surface area contributed by atoms with Gasteiger partial charge in [-0.1, -0.05) is 26.0 Å².